The van der Waals surface area contributed by atoms with E-state index in [9.17, 15) is 4.79 Å². The van der Waals surface area contributed by atoms with Crippen molar-refractivity contribution in [2.45, 2.75) is 32.9 Å². The number of hydrogen-bond acceptors (Lipinski definition) is 2. The minimum atomic E-state index is -0.0485. The molecule has 1 N–H and O–H groups in total. The van der Waals surface area contributed by atoms with Gasteiger partial charge < -0.3 is 5.32 Å². The van der Waals surface area contributed by atoms with E-state index < -0.39 is 0 Å². The fraction of sp³-hybridized carbons (Fsp3) is 0.333. The number of amides is 1. The number of nitrogens with zero attached hydrogens (tertiary/aromatic N) is 2. The number of halogens is 1. The van der Waals surface area contributed by atoms with Crippen LogP contribution in [0.25, 0.3) is 0 Å². The minimum absolute atomic E-state index is 0.0269. The maximum Gasteiger partial charge on any atom is 0.241 e. The van der Waals surface area contributed by atoms with E-state index >= 15 is 0 Å². The molecule has 0 spiro atoms. The molecule has 0 saturated heterocycles. The lowest BCUT2D eigenvalue weighted by Gasteiger charge is -2.14. The molecule has 0 saturated carbocycles. The van der Waals surface area contributed by atoms with Crippen LogP contribution in [-0.4, -0.2) is 21.7 Å². The van der Waals surface area contributed by atoms with Gasteiger partial charge in [-0.25, -0.2) is 0 Å². The van der Waals surface area contributed by atoms with Gasteiger partial charge in [-0.15, -0.1) is 0 Å². The van der Waals surface area contributed by atoms with Crippen LogP contribution in [0.2, 0.25) is 5.02 Å². The van der Waals surface area contributed by atoms with Crippen molar-refractivity contribution in [2.75, 3.05) is 0 Å². The Balaban J connectivity index is 1.86. The minimum Gasteiger partial charge on any atom is -0.352 e. The molecule has 0 fully saturated rings. The second-order valence-corrected chi connectivity index (χ2v) is 5.39. The number of benzene rings is 1. The molecule has 4 nitrogen and oxygen atoms in total. The van der Waals surface area contributed by atoms with Crippen molar-refractivity contribution in [3.05, 3.63) is 52.8 Å². The predicted molar refractivity (Wildman–Crippen MR) is 79.7 cm³/mol. The van der Waals surface area contributed by atoms with E-state index in [4.69, 9.17) is 11.6 Å². The van der Waals surface area contributed by atoms with Crippen molar-refractivity contribution < 1.29 is 4.79 Å². The second-order valence-electron chi connectivity index (χ2n) is 4.98. The van der Waals surface area contributed by atoms with Gasteiger partial charge in [-0.3, -0.25) is 9.48 Å². The van der Waals surface area contributed by atoms with E-state index in [1.807, 2.05) is 44.3 Å². The molecule has 2 aromatic rings. The monoisotopic (exact) mass is 291 g/mol. The van der Waals surface area contributed by atoms with Crippen LogP contribution in [0.15, 0.2) is 36.7 Å². The third-order valence-corrected chi connectivity index (χ3v) is 3.33. The molecule has 106 valence electrons. The molecule has 0 radical (unpaired) electrons. The number of hydrogen-bond donors (Lipinski definition) is 1. The summed E-state index contributed by atoms with van der Waals surface area (Å²) in [7, 11) is 0. The summed E-state index contributed by atoms with van der Waals surface area (Å²) in [6.07, 6.45) is 4.29. The Kier molecular flexibility index (Phi) is 4.79. The Morgan fingerprint density at radius 1 is 1.45 bits per heavy atom. The molecule has 1 aromatic carbocycles. The molecule has 0 aliphatic rings. The molecule has 1 amide bonds. The largest absolute Gasteiger partial charge is 0.352 e. The van der Waals surface area contributed by atoms with E-state index in [1.54, 1.807) is 10.9 Å². The van der Waals surface area contributed by atoms with Crippen LogP contribution in [0.1, 0.15) is 18.1 Å². The standard InChI is InChI=1S/C15H18ClN3O/c1-11-8-17-19(9-11)10-15(20)18-12(2)7-13-5-3-4-6-14(13)16/h3-6,8-9,12H,7,10H2,1-2H3,(H,18,20)/t12-/m1/s1. The number of aromatic nitrogens is 2. The van der Waals surface area contributed by atoms with Crippen molar-refractivity contribution >= 4 is 17.5 Å². The van der Waals surface area contributed by atoms with Crippen LogP contribution in [-0.2, 0) is 17.8 Å². The molecule has 1 heterocycles. The van der Waals surface area contributed by atoms with Crippen LogP contribution < -0.4 is 5.32 Å². The first kappa shape index (κ1) is 14.6. The van der Waals surface area contributed by atoms with Crippen LogP contribution in [0.4, 0.5) is 0 Å². The van der Waals surface area contributed by atoms with Gasteiger partial charge in [0.05, 0.1) is 6.20 Å². The number of carbonyl (C=O) groups is 1. The van der Waals surface area contributed by atoms with Gasteiger partial charge in [0, 0.05) is 17.3 Å². The van der Waals surface area contributed by atoms with Crippen LogP contribution in [0.5, 0.6) is 0 Å². The van der Waals surface area contributed by atoms with Crippen LogP contribution >= 0.6 is 11.6 Å². The van der Waals surface area contributed by atoms with Gasteiger partial charge >= 0.3 is 0 Å². The average molecular weight is 292 g/mol. The fourth-order valence-electron chi connectivity index (χ4n) is 2.07. The summed E-state index contributed by atoms with van der Waals surface area (Å²) in [5.41, 5.74) is 2.08. The Morgan fingerprint density at radius 3 is 2.85 bits per heavy atom. The van der Waals surface area contributed by atoms with Crippen molar-refractivity contribution in [3.8, 4) is 0 Å². The summed E-state index contributed by atoms with van der Waals surface area (Å²) >= 11 is 6.11. The summed E-state index contributed by atoms with van der Waals surface area (Å²) in [5, 5.41) is 7.78. The van der Waals surface area contributed by atoms with E-state index in [1.165, 1.54) is 0 Å². The smallest absolute Gasteiger partial charge is 0.241 e. The third-order valence-electron chi connectivity index (χ3n) is 2.96. The maximum absolute atomic E-state index is 11.9. The maximum atomic E-state index is 11.9. The van der Waals surface area contributed by atoms with Gasteiger partial charge in [-0.2, -0.15) is 5.10 Å². The Bertz CT molecular complexity index is 594. The molecular weight excluding hydrogens is 274 g/mol. The molecular formula is C15H18ClN3O. The highest BCUT2D eigenvalue weighted by molar-refractivity contribution is 6.31. The lowest BCUT2D eigenvalue weighted by Crippen LogP contribution is -2.36. The molecule has 1 aromatic heterocycles. The number of carbonyl (C=O) groups excluding carboxylic acids is 1. The molecule has 0 unspecified atom stereocenters. The zero-order valence-electron chi connectivity index (χ0n) is 11.6. The van der Waals surface area contributed by atoms with Gasteiger partial charge in [-0.05, 0) is 37.5 Å². The second kappa shape index (κ2) is 6.57. The highest BCUT2D eigenvalue weighted by atomic mass is 35.5. The zero-order chi connectivity index (χ0) is 14.5. The van der Waals surface area contributed by atoms with Crippen LogP contribution in [0, 0.1) is 6.92 Å². The van der Waals surface area contributed by atoms with Gasteiger partial charge in [0.25, 0.3) is 0 Å². The number of rotatable bonds is 5. The van der Waals surface area contributed by atoms with Crippen molar-refractivity contribution in [1.29, 1.82) is 0 Å². The van der Waals surface area contributed by atoms with E-state index in [0.717, 1.165) is 16.1 Å². The highest BCUT2D eigenvalue weighted by Crippen LogP contribution is 2.16. The van der Waals surface area contributed by atoms with Gasteiger partial charge in [0.15, 0.2) is 0 Å². The van der Waals surface area contributed by atoms with E-state index in [0.29, 0.717) is 6.42 Å². The first-order valence-corrected chi connectivity index (χ1v) is 6.94. The lowest BCUT2D eigenvalue weighted by atomic mass is 10.1. The molecule has 0 bridgehead atoms. The number of nitrogens with one attached hydrogen (secondary N) is 1. The number of aryl methyl sites for hydroxylation is 1. The quantitative estimate of drug-likeness (QED) is 0.920. The average Bonchev–Trinajstić information content (AvgIpc) is 2.77. The first-order chi connectivity index (χ1) is 9.54. The van der Waals surface area contributed by atoms with Gasteiger partial charge in [0.1, 0.15) is 6.54 Å². The Morgan fingerprint density at radius 2 is 2.20 bits per heavy atom. The zero-order valence-corrected chi connectivity index (χ0v) is 12.4. The van der Waals surface area contributed by atoms with E-state index in [2.05, 4.69) is 10.4 Å². The summed E-state index contributed by atoms with van der Waals surface area (Å²) in [6, 6.07) is 7.70. The predicted octanol–water partition coefficient (Wildman–Crippen LogP) is 2.59. The molecule has 0 aliphatic carbocycles. The normalized spacial score (nSPS) is 12.2. The SMILES string of the molecule is Cc1cnn(CC(=O)N[C@H](C)Cc2ccccc2Cl)c1. The molecule has 20 heavy (non-hydrogen) atoms. The molecule has 1 atom stereocenters. The van der Waals surface area contributed by atoms with Gasteiger partial charge in [0.2, 0.25) is 5.91 Å². The van der Waals surface area contributed by atoms with Crippen molar-refractivity contribution in [3.63, 3.8) is 0 Å². The van der Waals surface area contributed by atoms with Crippen molar-refractivity contribution in [2.24, 2.45) is 0 Å². The van der Waals surface area contributed by atoms with Crippen molar-refractivity contribution in [1.82, 2.24) is 15.1 Å². The Hall–Kier alpha value is -1.81. The third kappa shape index (κ3) is 4.10. The molecule has 5 heteroatoms. The fourth-order valence-corrected chi connectivity index (χ4v) is 2.28. The summed E-state index contributed by atoms with van der Waals surface area (Å²) in [4.78, 5) is 11.9. The van der Waals surface area contributed by atoms with E-state index in [-0.39, 0.29) is 18.5 Å². The van der Waals surface area contributed by atoms with Crippen LogP contribution in [0.3, 0.4) is 0 Å². The van der Waals surface area contributed by atoms with Gasteiger partial charge in [-0.1, -0.05) is 29.8 Å². The summed E-state index contributed by atoms with van der Waals surface area (Å²) in [5.74, 6) is -0.0485. The summed E-state index contributed by atoms with van der Waals surface area (Å²) in [6.45, 7) is 4.15. The molecule has 0 aliphatic heterocycles. The lowest BCUT2D eigenvalue weighted by molar-refractivity contribution is -0.122. The first-order valence-electron chi connectivity index (χ1n) is 6.56. The molecule has 2 rings (SSSR count). The highest BCUT2D eigenvalue weighted by Gasteiger charge is 2.10. The Labute approximate surface area is 123 Å². The topological polar surface area (TPSA) is 46.9 Å². The summed E-state index contributed by atoms with van der Waals surface area (Å²) < 4.78 is 1.63.